The Morgan fingerprint density at radius 1 is 0.429 bits per heavy atom. The van der Waals surface area contributed by atoms with Crippen molar-refractivity contribution >= 4 is 0 Å². The van der Waals surface area contributed by atoms with Crippen LogP contribution in [0.5, 0.6) is 0 Å². The molecule has 0 heterocycles. The van der Waals surface area contributed by atoms with Gasteiger partial charge in [-0.05, 0) is 0 Å². The molecule has 0 bridgehead atoms. The summed E-state index contributed by atoms with van der Waals surface area (Å²) in [5.41, 5.74) is 0. The molecule has 0 radical (unpaired) electrons. The zero-order chi connectivity index (χ0) is 0. The second kappa shape index (κ2) is 487. The molecule has 1 nitrogen and oxygen atoms in total. The van der Waals surface area contributed by atoms with E-state index in [1.165, 1.54) is 0 Å². The first kappa shape index (κ1) is 776. The standard InChI is InChI=1S/5FH.H3N.U/h5*1H;1H3;/q;;;;;;+4/p-4. The van der Waals surface area contributed by atoms with Gasteiger partial charge in [-0.1, -0.05) is 0 Å². The molecule has 0 aliphatic rings. The quantitative estimate of drug-likeness (QED) is 0.421. The zero-order valence-corrected chi connectivity index (χ0v) is 7.55. The van der Waals surface area contributed by atoms with Gasteiger partial charge in [-0.25, -0.2) is 0 Å². The molecule has 0 spiro atoms. The third-order valence-electron chi connectivity index (χ3n) is 0. The summed E-state index contributed by atoms with van der Waals surface area (Å²) in [6.45, 7) is 0. The third-order valence-corrected chi connectivity index (χ3v) is 0. The smallest absolute Gasteiger partial charge is 1.00 e. The molecule has 48 valence electrons. The molecule has 0 aliphatic carbocycles. The number of hydrogen-bond donors (Lipinski definition) is 1. The summed E-state index contributed by atoms with van der Waals surface area (Å²) >= 11 is 0. The van der Waals surface area contributed by atoms with Crippen LogP contribution in [0.3, 0.4) is 0 Å². The maximum atomic E-state index is 0. The Kier molecular flexibility index (Phi) is 54000. The predicted octanol–water partition coefficient (Wildman–Crippen LogP) is -14.6. The van der Waals surface area contributed by atoms with Crippen molar-refractivity contribution < 1.29 is 54.6 Å². The van der Waals surface area contributed by atoms with Crippen molar-refractivity contribution in [1.29, 1.82) is 0 Å². The van der Waals surface area contributed by atoms with E-state index < -0.39 is 0 Å². The van der Waals surface area contributed by atoms with E-state index in [4.69, 9.17) is 0 Å². The first-order chi connectivity index (χ1) is 0. The Labute approximate surface area is 61.0 Å². The van der Waals surface area contributed by atoms with Crippen LogP contribution in [0.25, 0.3) is 0 Å². The molecule has 0 fully saturated rings. The van der Waals surface area contributed by atoms with Crippen LogP contribution in [0.4, 0.5) is 0 Å². The molecular weight excluding hydrogens is 347 g/mol. The maximum Gasteiger partial charge on any atom is 4.00 e. The minimum Gasteiger partial charge on any atom is -1.00 e. The van der Waals surface area contributed by atoms with Gasteiger partial charge in [-0.15, -0.1) is 0 Å². The summed E-state index contributed by atoms with van der Waals surface area (Å²) in [7, 11) is 0. The molecule has 7 heavy (non-hydrogen) atoms. The van der Waals surface area contributed by atoms with Gasteiger partial charge >= 0.3 is 31.1 Å². The summed E-state index contributed by atoms with van der Waals surface area (Å²) in [6.07, 6.45) is 0. The van der Waals surface area contributed by atoms with Gasteiger partial charge in [0.2, 0.25) is 0 Å². The van der Waals surface area contributed by atoms with Crippen molar-refractivity contribution in [2.75, 3.05) is 0 Å². The Morgan fingerprint density at radius 2 is 0.429 bits per heavy atom. The SMILES string of the molecule is [F-].[F-].[F-].[F-].[F-].[NH4+].[U+4]. The molecule has 0 saturated heterocycles. The minimum atomic E-state index is 0. The van der Waals surface area contributed by atoms with E-state index in [1.54, 1.807) is 0 Å². The van der Waals surface area contributed by atoms with Gasteiger partial charge in [-0.3, -0.25) is 0 Å². The van der Waals surface area contributed by atoms with Crippen LogP contribution >= 0.6 is 0 Å². The fourth-order valence-corrected chi connectivity index (χ4v) is 0. The predicted molar refractivity (Wildman–Crippen MR) is 5.98 cm³/mol. The molecule has 0 unspecified atom stereocenters. The molecule has 0 rings (SSSR count). The summed E-state index contributed by atoms with van der Waals surface area (Å²) in [6, 6.07) is 0. The van der Waals surface area contributed by atoms with Crippen LogP contribution in [-0.2, 0) is 0 Å². The molecule has 0 amide bonds. The van der Waals surface area contributed by atoms with Gasteiger partial charge in [0.15, 0.2) is 0 Å². The monoisotopic (exact) mass is 351 g/mol. The average molecular weight is 351 g/mol. The second-order valence-electron chi connectivity index (χ2n) is 0. The largest absolute Gasteiger partial charge is 4.00 e. The van der Waals surface area contributed by atoms with Gasteiger partial charge in [0.25, 0.3) is 0 Å². The Balaban J connectivity index is 0. The van der Waals surface area contributed by atoms with E-state index >= 15 is 0 Å². The summed E-state index contributed by atoms with van der Waals surface area (Å²) in [4.78, 5) is 0. The van der Waals surface area contributed by atoms with Crippen molar-refractivity contribution in [3.63, 3.8) is 0 Å². The van der Waals surface area contributed by atoms with Gasteiger partial charge in [0, 0.05) is 0 Å². The van der Waals surface area contributed by atoms with Crippen LogP contribution in [0.1, 0.15) is 0 Å². The fourth-order valence-electron chi connectivity index (χ4n) is 0. The number of halogens is 5. The van der Waals surface area contributed by atoms with Gasteiger partial charge < -0.3 is 29.7 Å². The van der Waals surface area contributed by atoms with Gasteiger partial charge in [0.1, 0.15) is 0 Å². The Bertz CT molecular complexity index is 8.04. The van der Waals surface area contributed by atoms with Gasteiger partial charge in [-0.2, -0.15) is 0 Å². The molecule has 7 heteroatoms. The summed E-state index contributed by atoms with van der Waals surface area (Å²) in [5, 5.41) is 0. The van der Waals surface area contributed by atoms with E-state index in [-0.39, 0.29) is 60.8 Å². The van der Waals surface area contributed by atoms with E-state index in [0.29, 0.717) is 0 Å². The van der Waals surface area contributed by atoms with E-state index in [0.717, 1.165) is 0 Å². The normalized spacial score (nSPS) is 0. The van der Waals surface area contributed by atoms with Crippen LogP contribution in [0.15, 0.2) is 0 Å². The fraction of sp³-hybridized carbons (Fsp3) is 0. The number of hydrogen-bond acceptors (Lipinski definition) is 0. The number of rotatable bonds is 0. The maximum absolute atomic E-state index is 0. The average Bonchev–Trinajstić information content (AvgIpc) is 0. The van der Waals surface area contributed by atoms with Crippen LogP contribution < -0.4 is 29.7 Å². The van der Waals surface area contributed by atoms with Crippen molar-refractivity contribution in [1.82, 2.24) is 6.15 Å². The minimum absolute atomic E-state index is 0. The number of quaternary nitrogens is 1. The topological polar surface area (TPSA) is 36.5 Å². The van der Waals surface area contributed by atoms with Crippen LogP contribution in [0, 0.1) is 31.1 Å². The third kappa shape index (κ3) is 330. The molecule has 0 aromatic rings. The summed E-state index contributed by atoms with van der Waals surface area (Å²) < 4.78 is 0. The molecule has 0 aromatic heterocycles. The van der Waals surface area contributed by atoms with E-state index in [2.05, 4.69) is 0 Å². The molecule has 4 N–H and O–H groups in total. The molecule has 0 atom stereocenters. The zero-order valence-electron chi connectivity index (χ0n) is 3.39. The van der Waals surface area contributed by atoms with Crippen LogP contribution in [0.2, 0.25) is 0 Å². The van der Waals surface area contributed by atoms with Crippen molar-refractivity contribution in [2.24, 2.45) is 0 Å². The van der Waals surface area contributed by atoms with E-state index in [9.17, 15) is 0 Å². The molecular formula is H4F5NU. The molecule has 0 aromatic carbocycles. The summed E-state index contributed by atoms with van der Waals surface area (Å²) in [5.74, 6) is 0. The molecule has 0 aliphatic heterocycles. The van der Waals surface area contributed by atoms with E-state index in [1.807, 2.05) is 0 Å². The van der Waals surface area contributed by atoms with Crippen molar-refractivity contribution in [3.05, 3.63) is 0 Å². The first-order valence-corrected chi connectivity index (χ1v) is 0. The van der Waals surface area contributed by atoms with Crippen molar-refractivity contribution in [3.8, 4) is 0 Å². The Hall–Kier alpha value is 0.662. The van der Waals surface area contributed by atoms with Gasteiger partial charge in [0.05, 0.1) is 0 Å². The van der Waals surface area contributed by atoms with Crippen molar-refractivity contribution in [2.45, 2.75) is 0 Å². The second-order valence-corrected chi connectivity index (χ2v) is 0. The molecule has 0 saturated carbocycles. The van der Waals surface area contributed by atoms with Crippen LogP contribution in [-0.4, -0.2) is 0 Å². The Morgan fingerprint density at radius 3 is 0.429 bits per heavy atom. The first-order valence-electron chi connectivity index (χ1n) is 0.